The van der Waals surface area contributed by atoms with E-state index in [1.54, 1.807) is 0 Å². The van der Waals surface area contributed by atoms with Gasteiger partial charge in [-0.25, -0.2) is 0 Å². The minimum atomic E-state index is 0.665. The fourth-order valence-electron chi connectivity index (χ4n) is 1.91. The Bertz CT molecular complexity index is 526. The normalized spacial score (nSPS) is 12.3. The molecule has 0 saturated carbocycles. The summed E-state index contributed by atoms with van der Waals surface area (Å²) in [6, 6.07) is 12.1. The van der Waals surface area contributed by atoms with Gasteiger partial charge in [0, 0.05) is 11.9 Å². The first-order valence-electron chi connectivity index (χ1n) is 7.12. The molecule has 0 saturated heterocycles. The molecule has 0 unspecified atom stereocenters. The maximum Gasteiger partial charge on any atom is 0.161 e. The molecule has 0 N–H and O–H groups in total. The molecule has 20 heavy (non-hydrogen) atoms. The lowest BCUT2D eigenvalue weighted by atomic mass is 10.1. The second-order valence-corrected chi connectivity index (χ2v) is 4.51. The number of benzene rings is 1. The number of hydrogen-bond acceptors (Lipinski definition) is 3. The van der Waals surface area contributed by atoms with Crippen LogP contribution in [-0.4, -0.2) is 18.2 Å². The average Bonchev–Trinajstić information content (AvgIpc) is 2.55. The van der Waals surface area contributed by atoms with Crippen molar-refractivity contribution in [2.24, 2.45) is 0 Å². The van der Waals surface area contributed by atoms with Gasteiger partial charge in [0.15, 0.2) is 11.5 Å². The van der Waals surface area contributed by atoms with E-state index < -0.39 is 0 Å². The molecule has 3 nitrogen and oxygen atoms in total. The first-order valence-corrected chi connectivity index (χ1v) is 7.12. The van der Waals surface area contributed by atoms with E-state index in [1.807, 2.05) is 30.5 Å². The van der Waals surface area contributed by atoms with Gasteiger partial charge in [0.25, 0.3) is 0 Å². The maximum absolute atomic E-state index is 5.44. The molecule has 0 spiro atoms. The second kappa shape index (κ2) is 7.53. The molecule has 0 amide bonds. The molecular weight excluding hydrogens is 250 g/mol. The molecule has 2 heterocycles. The lowest BCUT2D eigenvalue weighted by Crippen LogP contribution is -2.15. The largest absolute Gasteiger partial charge is 0.486 e. The molecule has 1 aliphatic heterocycles. The fraction of sp³-hybridized carbons (Fsp3) is 0.353. The Kier molecular flexibility index (Phi) is 5.42. The van der Waals surface area contributed by atoms with Gasteiger partial charge in [0.2, 0.25) is 0 Å². The summed E-state index contributed by atoms with van der Waals surface area (Å²) in [5, 5.41) is 0. The molecule has 0 bridgehead atoms. The number of aromatic nitrogens is 1. The second-order valence-electron chi connectivity index (χ2n) is 4.51. The van der Waals surface area contributed by atoms with Crippen molar-refractivity contribution in [3.63, 3.8) is 0 Å². The van der Waals surface area contributed by atoms with Crippen LogP contribution >= 0.6 is 0 Å². The van der Waals surface area contributed by atoms with Crippen molar-refractivity contribution < 1.29 is 9.47 Å². The van der Waals surface area contributed by atoms with E-state index in [4.69, 9.17) is 9.47 Å². The molecule has 1 aliphatic rings. The summed E-state index contributed by atoms with van der Waals surface area (Å²) in [7, 11) is 0. The highest BCUT2D eigenvalue weighted by atomic mass is 16.6. The Morgan fingerprint density at radius 1 is 0.950 bits per heavy atom. The predicted octanol–water partition coefficient (Wildman–Crippen LogP) is 3.66. The molecule has 1 aromatic heterocycles. The quantitative estimate of drug-likeness (QED) is 0.835. The predicted molar refractivity (Wildman–Crippen MR) is 80.4 cm³/mol. The fourth-order valence-corrected chi connectivity index (χ4v) is 1.91. The molecule has 0 fully saturated rings. The van der Waals surface area contributed by atoms with E-state index in [-0.39, 0.29) is 0 Å². The smallest absolute Gasteiger partial charge is 0.161 e. The van der Waals surface area contributed by atoms with Crippen LogP contribution in [0.1, 0.15) is 25.1 Å². The summed E-state index contributed by atoms with van der Waals surface area (Å²) >= 11 is 0. The number of fused-ring (bicyclic) bond motifs is 1. The summed E-state index contributed by atoms with van der Waals surface area (Å²) in [4.78, 5) is 4.10. The minimum Gasteiger partial charge on any atom is -0.486 e. The number of nitrogens with zero attached hydrogens (tertiary/aromatic N) is 1. The zero-order chi connectivity index (χ0) is 14.2. The topological polar surface area (TPSA) is 31.4 Å². The van der Waals surface area contributed by atoms with Gasteiger partial charge in [-0.05, 0) is 42.7 Å². The van der Waals surface area contributed by atoms with Crippen molar-refractivity contribution >= 4 is 0 Å². The Morgan fingerprint density at radius 3 is 2.35 bits per heavy atom. The summed E-state index contributed by atoms with van der Waals surface area (Å²) in [6.45, 7) is 5.56. The van der Waals surface area contributed by atoms with Gasteiger partial charge >= 0.3 is 0 Å². The third-order valence-electron chi connectivity index (χ3n) is 3.10. The summed E-state index contributed by atoms with van der Waals surface area (Å²) < 4.78 is 10.8. The first kappa shape index (κ1) is 14.4. The summed E-state index contributed by atoms with van der Waals surface area (Å²) in [5.74, 6) is 1.76. The van der Waals surface area contributed by atoms with E-state index in [1.165, 1.54) is 5.56 Å². The number of hydrogen-bond donors (Lipinski definition) is 0. The Labute approximate surface area is 120 Å². The third kappa shape index (κ3) is 3.98. The lowest BCUT2D eigenvalue weighted by molar-refractivity contribution is 0.171. The molecule has 2 aromatic rings. The first-order chi connectivity index (χ1) is 9.83. The van der Waals surface area contributed by atoms with E-state index in [2.05, 4.69) is 31.0 Å². The van der Waals surface area contributed by atoms with Gasteiger partial charge in [-0.3, -0.25) is 4.98 Å². The van der Waals surface area contributed by atoms with E-state index in [0.717, 1.165) is 30.0 Å². The van der Waals surface area contributed by atoms with Gasteiger partial charge < -0.3 is 9.47 Å². The lowest BCUT2D eigenvalue weighted by Gasteiger charge is -2.18. The van der Waals surface area contributed by atoms with Gasteiger partial charge in [-0.1, -0.05) is 26.0 Å². The zero-order valence-electron chi connectivity index (χ0n) is 12.1. The van der Waals surface area contributed by atoms with E-state index in [0.29, 0.717) is 13.2 Å². The summed E-state index contributed by atoms with van der Waals surface area (Å²) in [6.07, 6.45) is 3.89. The SMILES string of the molecule is CCc1ccc2c(c1)OCCO2.CCc1ccccn1. The zero-order valence-corrected chi connectivity index (χ0v) is 12.1. The number of pyridine rings is 1. The van der Waals surface area contributed by atoms with E-state index >= 15 is 0 Å². The van der Waals surface area contributed by atoms with Crippen molar-refractivity contribution in [1.82, 2.24) is 4.98 Å². The van der Waals surface area contributed by atoms with Crippen molar-refractivity contribution in [1.29, 1.82) is 0 Å². The van der Waals surface area contributed by atoms with Gasteiger partial charge in [-0.15, -0.1) is 0 Å². The highest BCUT2D eigenvalue weighted by Gasteiger charge is 2.10. The van der Waals surface area contributed by atoms with Crippen molar-refractivity contribution in [3.05, 3.63) is 53.9 Å². The standard InChI is InChI=1S/C10H12O2.C7H9N/c1-2-8-3-4-9-10(7-8)12-6-5-11-9;1-2-7-5-3-4-6-8-7/h3-4,7H,2,5-6H2,1H3;3-6H,2H2,1H3. The molecule has 0 radical (unpaired) electrons. The molecular formula is C17H21NO2. The molecule has 1 aromatic carbocycles. The van der Waals surface area contributed by atoms with Crippen LogP contribution in [0.3, 0.4) is 0 Å². The van der Waals surface area contributed by atoms with E-state index in [9.17, 15) is 0 Å². The Balaban J connectivity index is 0.000000160. The molecule has 106 valence electrons. The van der Waals surface area contributed by atoms with Crippen LogP contribution in [0.2, 0.25) is 0 Å². The maximum atomic E-state index is 5.44. The molecule has 3 heteroatoms. The van der Waals surface area contributed by atoms with Crippen LogP contribution < -0.4 is 9.47 Å². The minimum absolute atomic E-state index is 0.665. The third-order valence-corrected chi connectivity index (χ3v) is 3.10. The Hall–Kier alpha value is -2.03. The Morgan fingerprint density at radius 2 is 1.75 bits per heavy atom. The van der Waals surface area contributed by atoms with Gasteiger partial charge in [0.05, 0.1) is 0 Å². The van der Waals surface area contributed by atoms with Crippen molar-refractivity contribution in [2.45, 2.75) is 26.7 Å². The number of rotatable bonds is 2. The average molecular weight is 271 g/mol. The van der Waals surface area contributed by atoms with Crippen LogP contribution in [0.4, 0.5) is 0 Å². The molecule has 0 atom stereocenters. The highest BCUT2D eigenvalue weighted by molar-refractivity contribution is 5.43. The van der Waals surface area contributed by atoms with Crippen LogP contribution in [0, 0.1) is 0 Å². The van der Waals surface area contributed by atoms with Crippen LogP contribution in [0.15, 0.2) is 42.6 Å². The van der Waals surface area contributed by atoms with Crippen molar-refractivity contribution in [2.75, 3.05) is 13.2 Å². The summed E-state index contributed by atoms with van der Waals surface area (Å²) in [5.41, 5.74) is 2.45. The van der Waals surface area contributed by atoms with Gasteiger partial charge in [-0.2, -0.15) is 0 Å². The number of aryl methyl sites for hydroxylation is 2. The van der Waals surface area contributed by atoms with Crippen molar-refractivity contribution in [3.8, 4) is 11.5 Å². The number of ether oxygens (including phenoxy) is 2. The highest BCUT2D eigenvalue weighted by Crippen LogP contribution is 2.30. The van der Waals surface area contributed by atoms with Crippen LogP contribution in [0.25, 0.3) is 0 Å². The van der Waals surface area contributed by atoms with Crippen LogP contribution in [0.5, 0.6) is 11.5 Å². The molecule has 0 aliphatic carbocycles. The van der Waals surface area contributed by atoms with Crippen LogP contribution in [-0.2, 0) is 12.8 Å². The monoisotopic (exact) mass is 271 g/mol. The van der Waals surface area contributed by atoms with Gasteiger partial charge in [0.1, 0.15) is 13.2 Å². The molecule has 3 rings (SSSR count).